The van der Waals surface area contributed by atoms with Crippen LogP contribution in [0.1, 0.15) is 15.4 Å². The molecule has 3 aromatic rings. The highest BCUT2D eigenvalue weighted by Crippen LogP contribution is 2.34. The number of hydrogen-bond donors (Lipinski definition) is 2. The predicted octanol–water partition coefficient (Wildman–Crippen LogP) is 4.37. The molecule has 0 atom stereocenters. The van der Waals surface area contributed by atoms with Gasteiger partial charge in [-0.05, 0) is 48.5 Å². The fourth-order valence-corrected chi connectivity index (χ4v) is 4.10. The first kappa shape index (κ1) is 19.7. The standard InChI is InChI=1S/C22H19N3O4S/c1-28-16-9-5-13(6-10-16)17-12-30-21(24-17)19-18(26)11-25(20(19)23)15-7-3-14(4-8-15)22(27)29-2/h3-10,12,23,26H,11H2,1-2H3. The number of aromatic nitrogens is 1. The Labute approximate surface area is 177 Å². The number of nitrogens with zero attached hydrogens (tertiary/aromatic N) is 2. The predicted molar refractivity (Wildman–Crippen MR) is 117 cm³/mol. The molecule has 30 heavy (non-hydrogen) atoms. The molecule has 8 heteroatoms. The summed E-state index contributed by atoms with van der Waals surface area (Å²) in [4.78, 5) is 17.9. The van der Waals surface area contributed by atoms with Crippen LogP contribution < -0.4 is 9.64 Å². The molecule has 1 aliphatic heterocycles. The molecule has 0 unspecified atom stereocenters. The lowest BCUT2D eigenvalue weighted by Crippen LogP contribution is -2.26. The van der Waals surface area contributed by atoms with Gasteiger partial charge in [-0.3, -0.25) is 5.41 Å². The summed E-state index contributed by atoms with van der Waals surface area (Å²) < 4.78 is 9.89. The summed E-state index contributed by atoms with van der Waals surface area (Å²) in [5.74, 6) is 0.594. The molecule has 0 amide bonds. The molecular formula is C22H19N3O4S. The van der Waals surface area contributed by atoms with Gasteiger partial charge in [-0.2, -0.15) is 0 Å². The number of carbonyl (C=O) groups excluding carboxylic acids is 1. The number of amidine groups is 1. The Kier molecular flexibility index (Phi) is 5.24. The van der Waals surface area contributed by atoms with Gasteiger partial charge in [-0.15, -0.1) is 11.3 Å². The Hall–Kier alpha value is -3.65. The lowest BCUT2D eigenvalue weighted by Gasteiger charge is -2.18. The van der Waals surface area contributed by atoms with Gasteiger partial charge in [0.15, 0.2) is 0 Å². The minimum absolute atomic E-state index is 0.0904. The number of esters is 1. The van der Waals surface area contributed by atoms with Gasteiger partial charge < -0.3 is 19.5 Å². The second kappa shape index (κ2) is 8.00. The molecule has 0 bridgehead atoms. The third-order valence-electron chi connectivity index (χ3n) is 4.81. The topological polar surface area (TPSA) is 95.7 Å². The minimum atomic E-state index is -0.423. The number of hydrogen-bond acceptors (Lipinski definition) is 7. The summed E-state index contributed by atoms with van der Waals surface area (Å²) in [7, 11) is 2.94. The van der Waals surface area contributed by atoms with Crippen LogP contribution in [0.3, 0.4) is 0 Å². The fraction of sp³-hybridized carbons (Fsp3) is 0.136. The zero-order chi connectivity index (χ0) is 21.3. The molecule has 1 aliphatic rings. The molecule has 2 heterocycles. The Morgan fingerprint density at radius 2 is 1.83 bits per heavy atom. The van der Waals surface area contributed by atoms with Gasteiger partial charge in [0.2, 0.25) is 0 Å². The van der Waals surface area contributed by atoms with Crippen LogP contribution in [0.15, 0.2) is 59.7 Å². The van der Waals surface area contributed by atoms with E-state index in [-0.39, 0.29) is 18.1 Å². The molecule has 7 nitrogen and oxygen atoms in total. The zero-order valence-corrected chi connectivity index (χ0v) is 17.2. The van der Waals surface area contributed by atoms with Crippen molar-refractivity contribution in [2.45, 2.75) is 0 Å². The van der Waals surface area contributed by atoms with E-state index in [1.165, 1.54) is 18.4 Å². The summed E-state index contributed by atoms with van der Waals surface area (Å²) in [5.41, 5.74) is 3.23. The lowest BCUT2D eigenvalue weighted by molar-refractivity contribution is 0.0600. The van der Waals surface area contributed by atoms with Crippen molar-refractivity contribution >= 4 is 34.4 Å². The van der Waals surface area contributed by atoms with Gasteiger partial charge in [-0.25, -0.2) is 9.78 Å². The number of rotatable bonds is 5. The molecule has 0 spiro atoms. The van der Waals surface area contributed by atoms with Gasteiger partial charge in [-0.1, -0.05) is 0 Å². The Balaban J connectivity index is 1.57. The maximum absolute atomic E-state index is 11.6. The average Bonchev–Trinajstić information content (AvgIpc) is 3.37. The van der Waals surface area contributed by atoms with E-state index in [0.29, 0.717) is 21.8 Å². The second-order valence-electron chi connectivity index (χ2n) is 6.56. The molecule has 152 valence electrons. The van der Waals surface area contributed by atoms with Crippen LogP contribution in [-0.2, 0) is 4.74 Å². The number of nitrogens with one attached hydrogen (secondary N) is 1. The number of ether oxygens (including phenoxy) is 2. The molecular weight excluding hydrogens is 402 g/mol. The summed E-state index contributed by atoms with van der Waals surface area (Å²) >= 11 is 1.38. The second-order valence-corrected chi connectivity index (χ2v) is 7.42. The maximum atomic E-state index is 11.6. The van der Waals surface area contributed by atoms with Gasteiger partial charge >= 0.3 is 5.97 Å². The van der Waals surface area contributed by atoms with Crippen LogP contribution in [0.2, 0.25) is 0 Å². The molecule has 0 aliphatic carbocycles. The van der Waals surface area contributed by atoms with Gasteiger partial charge in [0.25, 0.3) is 0 Å². The molecule has 4 rings (SSSR count). The van der Waals surface area contributed by atoms with Crippen LogP contribution >= 0.6 is 11.3 Å². The van der Waals surface area contributed by atoms with Crippen molar-refractivity contribution in [3.8, 4) is 17.0 Å². The van der Waals surface area contributed by atoms with Crippen molar-refractivity contribution in [2.24, 2.45) is 0 Å². The summed E-state index contributed by atoms with van der Waals surface area (Å²) in [5, 5.41) is 21.6. The first-order valence-electron chi connectivity index (χ1n) is 9.09. The van der Waals surface area contributed by atoms with E-state index in [4.69, 9.17) is 14.9 Å². The zero-order valence-electron chi connectivity index (χ0n) is 16.4. The van der Waals surface area contributed by atoms with Gasteiger partial charge in [0.05, 0.1) is 37.6 Å². The molecule has 1 aromatic heterocycles. The normalized spacial score (nSPS) is 13.7. The summed E-state index contributed by atoms with van der Waals surface area (Å²) in [6.45, 7) is 0.170. The molecule has 2 N–H and O–H groups in total. The van der Waals surface area contributed by atoms with Crippen molar-refractivity contribution in [1.82, 2.24) is 4.98 Å². The highest BCUT2D eigenvalue weighted by molar-refractivity contribution is 7.11. The summed E-state index contributed by atoms with van der Waals surface area (Å²) in [6, 6.07) is 14.3. The van der Waals surface area contributed by atoms with Gasteiger partial charge in [0, 0.05) is 16.6 Å². The number of carbonyl (C=O) groups is 1. The number of anilines is 1. The maximum Gasteiger partial charge on any atom is 0.337 e. The molecule has 0 fully saturated rings. The van der Waals surface area contributed by atoms with E-state index in [1.807, 2.05) is 29.6 Å². The molecule has 0 radical (unpaired) electrons. The third-order valence-corrected chi connectivity index (χ3v) is 5.67. The van der Waals surface area contributed by atoms with Crippen LogP contribution in [0, 0.1) is 5.41 Å². The van der Waals surface area contributed by atoms with E-state index in [0.717, 1.165) is 17.0 Å². The van der Waals surface area contributed by atoms with Crippen molar-refractivity contribution in [3.05, 3.63) is 70.2 Å². The highest BCUT2D eigenvalue weighted by atomic mass is 32.1. The first-order valence-corrected chi connectivity index (χ1v) is 9.97. The number of benzene rings is 2. The van der Waals surface area contributed by atoms with Crippen molar-refractivity contribution < 1.29 is 19.4 Å². The minimum Gasteiger partial charge on any atom is -0.510 e. The van der Waals surface area contributed by atoms with Crippen molar-refractivity contribution in [2.75, 3.05) is 25.7 Å². The Morgan fingerprint density at radius 1 is 1.13 bits per heavy atom. The van der Waals surface area contributed by atoms with Gasteiger partial charge in [0.1, 0.15) is 22.4 Å². The van der Waals surface area contributed by atoms with E-state index < -0.39 is 5.97 Å². The first-order chi connectivity index (χ1) is 14.5. The van der Waals surface area contributed by atoms with E-state index >= 15 is 0 Å². The summed E-state index contributed by atoms with van der Waals surface area (Å²) in [6.07, 6.45) is 0. The third kappa shape index (κ3) is 3.53. The monoisotopic (exact) mass is 421 g/mol. The van der Waals surface area contributed by atoms with Crippen LogP contribution in [0.4, 0.5) is 5.69 Å². The molecule has 0 saturated carbocycles. The Bertz CT molecular complexity index is 1130. The fourth-order valence-electron chi connectivity index (χ4n) is 3.20. The van der Waals surface area contributed by atoms with E-state index in [1.54, 1.807) is 36.3 Å². The largest absolute Gasteiger partial charge is 0.510 e. The quantitative estimate of drug-likeness (QED) is 0.594. The molecule has 2 aromatic carbocycles. The Morgan fingerprint density at radius 3 is 2.47 bits per heavy atom. The van der Waals surface area contributed by atoms with E-state index in [9.17, 15) is 9.90 Å². The van der Waals surface area contributed by atoms with Crippen molar-refractivity contribution in [3.63, 3.8) is 0 Å². The number of aliphatic hydroxyl groups is 1. The smallest absolute Gasteiger partial charge is 0.337 e. The van der Waals surface area contributed by atoms with Crippen LogP contribution in [0.25, 0.3) is 16.8 Å². The number of methoxy groups -OCH3 is 2. The number of thiazole rings is 1. The van der Waals surface area contributed by atoms with Crippen LogP contribution in [-0.4, -0.2) is 42.7 Å². The highest BCUT2D eigenvalue weighted by Gasteiger charge is 2.31. The lowest BCUT2D eigenvalue weighted by atomic mass is 10.1. The van der Waals surface area contributed by atoms with E-state index in [2.05, 4.69) is 4.98 Å². The van der Waals surface area contributed by atoms with Crippen molar-refractivity contribution in [1.29, 1.82) is 5.41 Å². The SMILES string of the molecule is COC(=O)c1ccc(N2CC(O)=C(c3nc(-c4ccc(OC)cc4)cs3)C2=N)cc1. The molecule has 0 saturated heterocycles. The van der Waals surface area contributed by atoms with Crippen LogP contribution in [0.5, 0.6) is 5.75 Å². The number of aliphatic hydroxyl groups excluding tert-OH is 1. The average molecular weight is 421 g/mol.